The summed E-state index contributed by atoms with van der Waals surface area (Å²) in [6.07, 6.45) is 5.33. The van der Waals surface area contributed by atoms with Crippen molar-refractivity contribution in [3.8, 4) is 0 Å². The monoisotopic (exact) mass is 285 g/mol. The van der Waals surface area contributed by atoms with Crippen LogP contribution >= 0.6 is 0 Å². The molecular formula is C15H27NO4. The van der Waals surface area contributed by atoms with Gasteiger partial charge in [-0.1, -0.05) is 12.8 Å². The Kier molecular flexibility index (Phi) is 6.99. The lowest BCUT2D eigenvalue weighted by Crippen LogP contribution is -2.44. The number of carboxylic acids is 1. The molecule has 5 nitrogen and oxygen atoms in total. The van der Waals surface area contributed by atoms with Crippen LogP contribution < -0.4 is 5.32 Å². The molecule has 0 aliphatic heterocycles. The van der Waals surface area contributed by atoms with Crippen molar-refractivity contribution in [2.75, 3.05) is 13.2 Å². The molecule has 0 aromatic rings. The first-order valence-corrected chi connectivity index (χ1v) is 7.60. The molecule has 1 rings (SSSR count). The fourth-order valence-electron chi connectivity index (χ4n) is 2.84. The zero-order valence-corrected chi connectivity index (χ0v) is 12.6. The smallest absolute Gasteiger partial charge is 0.303 e. The summed E-state index contributed by atoms with van der Waals surface area (Å²) in [5.74, 6) is -0.745. The summed E-state index contributed by atoms with van der Waals surface area (Å²) in [6.45, 7) is 5.11. The molecule has 2 N–H and O–H groups in total. The van der Waals surface area contributed by atoms with Crippen LogP contribution in [0.3, 0.4) is 0 Å². The summed E-state index contributed by atoms with van der Waals surface area (Å²) in [4.78, 5) is 23.1. The third-order valence-corrected chi connectivity index (χ3v) is 4.14. The fraction of sp³-hybridized carbons (Fsp3) is 0.867. The topological polar surface area (TPSA) is 75.6 Å². The summed E-state index contributed by atoms with van der Waals surface area (Å²) >= 11 is 0. The van der Waals surface area contributed by atoms with Crippen LogP contribution in [0.5, 0.6) is 0 Å². The second kappa shape index (κ2) is 8.25. The second-order valence-corrected chi connectivity index (χ2v) is 5.74. The van der Waals surface area contributed by atoms with Crippen molar-refractivity contribution in [2.45, 2.75) is 64.8 Å². The molecule has 0 saturated heterocycles. The normalized spacial score (nSPS) is 18.7. The lowest BCUT2D eigenvalue weighted by molar-refractivity contribution is -0.138. The van der Waals surface area contributed by atoms with Crippen LogP contribution in [0.25, 0.3) is 0 Å². The SMILES string of the molecule is CCOCCC1(C(=O)NC(C)CCC(=O)O)CCCC1. The van der Waals surface area contributed by atoms with Gasteiger partial charge in [-0.05, 0) is 39.5 Å². The van der Waals surface area contributed by atoms with Crippen molar-refractivity contribution < 1.29 is 19.4 Å². The van der Waals surface area contributed by atoms with Crippen LogP contribution in [0, 0.1) is 5.41 Å². The Labute approximate surface area is 121 Å². The van der Waals surface area contributed by atoms with Crippen LogP contribution in [-0.2, 0) is 14.3 Å². The van der Waals surface area contributed by atoms with Gasteiger partial charge in [-0.25, -0.2) is 0 Å². The van der Waals surface area contributed by atoms with Crippen molar-refractivity contribution in [3.05, 3.63) is 0 Å². The number of ether oxygens (including phenoxy) is 1. The zero-order chi connectivity index (χ0) is 15.0. The maximum Gasteiger partial charge on any atom is 0.303 e. The maximum atomic E-state index is 12.5. The van der Waals surface area contributed by atoms with E-state index in [1.165, 1.54) is 0 Å². The van der Waals surface area contributed by atoms with Crippen LogP contribution in [0.1, 0.15) is 58.8 Å². The van der Waals surface area contributed by atoms with E-state index in [1.807, 2.05) is 13.8 Å². The summed E-state index contributed by atoms with van der Waals surface area (Å²) in [7, 11) is 0. The minimum absolute atomic E-state index is 0.0765. The molecule has 0 aromatic heterocycles. The highest BCUT2D eigenvalue weighted by Gasteiger charge is 2.40. The number of hydrogen-bond acceptors (Lipinski definition) is 3. The predicted molar refractivity (Wildman–Crippen MR) is 76.5 cm³/mol. The van der Waals surface area contributed by atoms with Crippen molar-refractivity contribution in [2.24, 2.45) is 5.41 Å². The number of rotatable bonds is 9. The van der Waals surface area contributed by atoms with Gasteiger partial charge in [0.2, 0.25) is 5.91 Å². The van der Waals surface area contributed by atoms with Gasteiger partial charge < -0.3 is 15.2 Å². The van der Waals surface area contributed by atoms with Gasteiger partial charge in [0.1, 0.15) is 0 Å². The van der Waals surface area contributed by atoms with Gasteiger partial charge in [0.15, 0.2) is 0 Å². The lowest BCUT2D eigenvalue weighted by Gasteiger charge is -2.29. The van der Waals surface area contributed by atoms with Gasteiger partial charge in [-0.15, -0.1) is 0 Å². The van der Waals surface area contributed by atoms with E-state index in [-0.39, 0.29) is 23.8 Å². The second-order valence-electron chi connectivity index (χ2n) is 5.74. The first-order valence-electron chi connectivity index (χ1n) is 7.60. The van der Waals surface area contributed by atoms with Crippen molar-refractivity contribution in [1.82, 2.24) is 5.32 Å². The van der Waals surface area contributed by atoms with E-state index in [0.29, 0.717) is 19.6 Å². The van der Waals surface area contributed by atoms with E-state index < -0.39 is 5.97 Å². The third-order valence-electron chi connectivity index (χ3n) is 4.14. The molecule has 5 heteroatoms. The Hall–Kier alpha value is -1.10. The fourth-order valence-corrected chi connectivity index (χ4v) is 2.84. The number of carbonyl (C=O) groups excluding carboxylic acids is 1. The molecule has 1 saturated carbocycles. The number of carbonyl (C=O) groups is 2. The summed E-state index contributed by atoms with van der Waals surface area (Å²) in [5.41, 5.74) is -0.299. The van der Waals surface area contributed by atoms with E-state index in [1.54, 1.807) is 0 Å². The Balaban J connectivity index is 2.49. The summed E-state index contributed by atoms with van der Waals surface area (Å²) < 4.78 is 5.40. The molecule has 1 fully saturated rings. The van der Waals surface area contributed by atoms with Gasteiger partial charge in [0.05, 0.1) is 5.41 Å². The van der Waals surface area contributed by atoms with E-state index in [2.05, 4.69) is 5.32 Å². The first-order chi connectivity index (χ1) is 9.50. The average Bonchev–Trinajstić information content (AvgIpc) is 2.87. The first kappa shape index (κ1) is 17.0. The number of hydrogen-bond donors (Lipinski definition) is 2. The minimum atomic E-state index is -0.821. The molecular weight excluding hydrogens is 258 g/mol. The molecule has 0 heterocycles. The zero-order valence-electron chi connectivity index (χ0n) is 12.6. The maximum absolute atomic E-state index is 12.5. The van der Waals surface area contributed by atoms with Crippen molar-refractivity contribution >= 4 is 11.9 Å². The third kappa shape index (κ3) is 5.12. The van der Waals surface area contributed by atoms with Crippen LogP contribution in [-0.4, -0.2) is 36.2 Å². The molecule has 116 valence electrons. The molecule has 0 spiro atoms. The average molecular weight is 285 g/mol. The molecule has 0 bridgehead atoms. The lowest BCUT2D eigenvalue weighted by atomic mass is 9.81. The Morgan fingerprint density at radius 3 is 2.55 bits per heavy atom. The highest BCUT2D eigenvalue weighted by Crippen LogP contribution is 2.41. The van der Waals surface area contributed by atoms with Gasteiger partial charge in [-0.3, -0.25) is 9.59 Å². The Bertz CT molecular complexity index is 324. The van der Waals surface area contributed by atoms with E-state index >= 15 is 0 Å². The Morgan fingerprint density at radius 1 is 1.35 bits per heavy atom. The molecule has 1 unspecified atom stereocenters. The largest absolute Gasteiger partial charge is 0.481 e. The number of nitrogens with one attached hydrogen (secondary N) is 1. The molecule has 0 aromatic carbocycles. The van der Waals surface area contributed by atoms with E-state index in [4.69, 9.17) is 9.84 Å². The minimum Gasteiger partial charge on any atom is -0.481 e. The highest BCUT2D eigenvalue weighted by atomic mass is 16.5. The molecule has 1 atom stereocenters. The Morgan fingerprint density at radius 2 is 2.00 bits per heavy atom. The van der Waals surface area contributed by atoms with E-state index in [0.717, 1.165) is 32.1 Å². The van der Waals surface area contributed by atoms with Crippen molar-refractivity contribution in [1.29, 1.82) is 0 Å². The van der Waals surface area contributed by atoms with Crippen LogP contribution in [0.15, 0.2) is 0 Å². The van der Waals surface area contributed by atoms with Gasteiger partial charge in [0, 0.05) is 25.7 Å². The molecule has 0 radical (unpaired) electrons. The van der Waals surface area contributed by atoms with Crippen molar-refractivity contribution in [3.63, 3.8) is 0 Å². The van der Waals surface area contributed by atoms with Crippen LogP contribution in [0.2, 0.25) is 0 Å². The molecule has 1 amide bonds. The predicted octanol–water partition coefficient (Wildman–Crippen LogP) is 2.34. The molecule has 1 aliphatic carbocycles. The molecule has 1 aliphatic rings. The molecule has 20 heavy (non-hydrogen) atoms. The van der Waals surface area contributed by atoms with Gasteiger partial charge >= 0.3 is 5.97 Å². The highest BCUT2D eigenvalue weighted by molar-refractivity contribution is 5.83. The van der Waals surface area contributed by atoms with E-state index in [9.17, 15) is 9.59 Å². The van der Waals surface area contributed by atoms with Gasteiger partial charge in [-0.2, -0.15) is 0 Å². The number of aliphatic carboxylic acids is 1. The quantitative estimate of drug-likeness (QED) is 0.638. The number of amides is 1. The van der Waals surface area contributed by atoms with Gasteiger partial charge in [0.25, 0.3) is 0 Å². The number of carboxylic acid groups (broad SMARTS) is 1. The summed E-state index contributed by atoms with van der Waals surface area (Å²) in [5, 5.41) is 11.7. The summed E-state index contributed by atoms with van der Waals surface area (Å²) in [6, 6.07) is -0.0943. The standard InChI is InChI=1S/C15H27NO4/c1-3-20-11-10-15(8-4-5-9-15)14(19)16-12(2)6-7-13(17)18/h12H,3-11H2,1-2H3,(H,16,19)(H,17,18). The van der Waals surface area contributed by atoms with Crippen LogP contribution in [0.4, 0.5) is 0 Å².